The summed E-state index contributed by atoms with van der Waals surface area (Å²) in [5.41, 5.74) is 6.26. The first-order valence-corrected chi connectivity index (χ1v) is 47.7. The van der Waals surface area contributed by atoms with Gasteiger partial charge in [0.2, 0.25) is 0 Å². The van der Waals surface area contributed by atoms with Crippen LogP contribution in [0.4, 0.5) is 0 Å². The lowest BCUT2D eigenvalue weighted by atomic mass is 9.43. The SMILES string of the molecule is CC(C)(C)C(C)(C)C.CC(C)(C)C12CC3CC(CC(C3)C1)C2.CC(C)(C)C1CCCCC1.CC(C)(C)OC1CC2CCC1(C)C2(C)C.CC(C)(C)OC1CCCCC1.CC(C)(C)c1ccccc1.CC(C)OC1C(C)(C)[C@H]2CC[C@]1(C)C2.CC(C)O[C@H]1C[C@@H](C)CC[C@@H]1C(C)C.CC(C)[C@@H]1CC[C@@H](C)C[C@H]1OC(C)(C)C. The molecule has 0 saturated heterocycles. The van der Waals surface area contributed by atoms with Gasteiger partial charge in [-0.25, -0.2) is 0 Å². The Labute approximate surface area is 696 Å². The molecule has 0 aliphatic heterocycles. The lowest BCUT2D eigenvalue weighted by molar-refractivity contribution is -0.119. The monoisotopic (exact) mass is 1550 g/mol. The molecule has 1 aromatic carbocycles. The van der Waals surface area contributed by atoms with Crippen molar-refractivity contribution in [3.8, 4) is 0 Å². The molecule has 1 aromatic rings. The normalized spacial score (nSPS) is 33.2. The molecule has 0 radical (unpaired) electrons. The number of hydrogen-bond acceptors (Lipinski definition) is 5. The standard InChI is InChI=1S/C14H26O.C14H28O.C14H24.C13H24O.C13H26O.C10H20O.C10H20.C10H14.C8H18/c1-12(2,3)15-11-9-10-7-8-14(11,6)13(10,4)5;1-10(2)12-8-7-11(3)9-13(12)15-14(4,5)6;1-13(2,3)14-7-10-4-11(8-14)6-12(5-10)9-14;1-9(2)14-11-12(3,4)10-6-7-13(11,5)8-10;1-9(2)12-7-6-11(5)8-13(12)14-10(3)4;1-10(2,3)11-9-7-5-4-6-8-9;2*1-10(2,3)9-7-5-4-6-8-9;1-7(2,3)8(4,5)6/h10-11H,7-9H2,1-6H3;10-13H,7-9H2,1-6H3;10-12H,4-9H2,1-3H3;9-11H,6-8H2,1-5H3;9-13H,6-8H2,1-5H3;9H,4-8H2,1-3H3;9H,4-8H2,1-3H3;4-8H,1-3H3;1-6H3/t;11-,12+,13-;;10-,11?,13+;11-,12+,13-;;;;/m.1.00..../s1. The summed E-state index contributed by atoms with van der Waals surface area (Å²) < 4.78 is 30.6. The second kappa shape index (κ2) is 41.5. The van der Waals surface area contributed by atoms with Gasteiger partial charge in [0.25, 0.3) is 0 Å². The van der Waals surface area contributed by atoms with Crippen LogP contribution in [-0.4, -0.2) is 59.5 Å². The van der Waals surface area contributed by atoms with Gasteiger partial charge < -0.3 is 23.7 Å². The lowest BCUT2D eigenvalue weighted by Crippen LogP contribution is -2.51. The van der Waals surface area contributed by atoms with E-state index < -0.39 is 0 Å². The molecule has 0 amide bonds. The van der Waals surface area contributed by atoms with Gasteiger partial charge in [-0.05, 0) is 349 Å². The molecule has 0 heterocycles. The second-order valence-electron chi connectivity index (χ2n) is 50.7. The zero-order valence-corrected chi connectivity index (χ0v) is 82.7. The number of rotatable bonds is 9. The number of benzene rings is 1. The third-order valence-electron chi connectivity index (χ3n) is 31.1. The van der Waals surface area contributed by atoms with Crippen molar-refractivity contribution in [1.82, 2.24) is 0 Å². The summed E-state index contributed by atoms with van der Waals surface area (Å²) in [7, 11) is 0. The maximum atomic E-state index is 6.27. The highest BCUT2D eigenvalue weighted by Gasteiger charge is 2.63. The van der Waals surface area contributed by atoms with Gasteiger partial charge in [0.05, 0.1) is 59.5 Å². The first-order valence-electron chi connectivity index (χ1n) is 47.7. The summed E-state index contributed by atoms with van der Waals surface area (Å²) >= 11 is 0. The Hall–Kier alpha value is -0.980. The molecule has 0 spiro atoms. The van der Waals surface area contributed by atoms with Crippen molar-refractivity contribution in [1.29, 1.82) is 0 Å². The highest BCUT2D eigenvalue weighted by atomic mass is 16.5. The minimum absolute atomic E-state index is 0.00817. The smallest absolute Gasteiger partial charge is 0.0685 e. The van der Waals surface area contributed by atoms with Gasteiger partial charge in [0, 0.05) is 0 Å². The Balaban J connectivity index is 0.000000265. The van der Waals surface area contributed by atoms with Gasteiger partial charge >= 0.3 is 0 Å². The quantitative estimate of drug-likeness (QED) is 0.247. The number of hydrogen-bond donors (Lipinski definition) is 0. The average molecular weight is 1550 g/mol. The van der Waals surface area contributed by atoms with E-state index in [9.17, 15) is 0 Å². The third kappa shape index (κ3) is 32.2. The average Bonchev–Trinajstić information content (AvgIpc) is 1.64. The first kappa shape index (κ1) is 102. The molecule has 12 saturated carbocycles. The van der Waals surface area contributed by atoms with E-state index in [2.05, 4.69) is 307 Å². The van der Waals surface area contributed by atoms with Crippen LogP contribution < -0.4 is 0 Å². The van der Waals surface area contributed by atoms with Crippen molar-refractivity contribution in [2.75, 3.05) is 0 Å². The molecule has 5 heteroatoms. The summed E-state index contributed by atoms with van der Waals surface area (Å²) in [6.45, 7) is 91.5. The van der Waals surface area contributed by atoms with Gasteiger partial charge in [-0.2, -0.15) is 0 Å². The van der Waals surface area contributed by atoms with E-state index in [4.69, 9.17) is 23.7 Å². The summed E-state index contributed by atoms with van der Waals surface area (Å²) in [4.78, 5) is 0. The fourth-order valence-electron chi connectivity index (χ4n) is 22.5. The second-order valence-corrected chi connectivity index (χ2v) is 50.7. The molecule has 5 nitrogen and oxygen atoms in total. The number of ether oxygens (including phenoxy) is 5. The molecule has 12 aliphatic carbocycles. The van der Waals surface area contributed by atoms with E-state index in [0.717, 1.165) is 76.4 Å². The molecule has 0 N–H and O–H groups in total. The molecule has 111 heavy (non-hydrogen) atoms. The molecule has 0 aromatic heterocycles. The van der Waals surface area contributed by atoms with E-state index in [1.807, 2.05) is 0 Å². The van der Waals surface area contributed by atoms with Gasteiger partial charge in [-0.3, -0.25) is 0 Å². The van der Waals surface area contributed by atoms with Crippen molar-refractivity contribution in [3.05, 3.63) is 35.9 Å². The van der Waals surface area contributed by atoms with E-state index in [1.165, 1.54) is 147 Å². The zero-order chi connectivity index (χ0) is 84.9. The molecule has 12 aliphatic rings. The maximum Gasteiger partial charge on any atom is 0.0685 e. The van der Waals surface area contributed by atoms with Gasteiger partial charge in [-0.15, -0.1) is 0 Å². The van der Waals surface area contributed by atoms with Crippen LogP contribution in [0.2, 0.25) is 0 Å². The van der Waals surface area contributed by atoms with Crippen LogP contribution in [0.3, 0.4) is 0 Å². The summed E-state index contributed by atoms with van der Waals surface area (Å²) in [5, 5.41) is 0. The molecule has 12 fully saturated rings. The van der Waals surface area contributed by atoms with Gasteiger partial charge in [0.15, 0.2) is 0 Å². The highest BCUT2D eigenvalue weighted by Crippen LogP contribution is 2.68. The van der Waals surface area contributed by atoms with Crippen LogP contribution in [0.1, 0.15) is 462 Å². The minimum Gasteiger partial charge on any atom is -0.375 e. The van der Waals surface area contributed by atoms with Crippen LogP contribution in [0, 0.1) is 120 Å². The van der Waals surface area contributed by atoms with Gasteiger partial charge in [0.1, 0.15) is 0 Å². The molecule has 8 bridgehead atoms. The Bertz CT molecular complexity index is 2660. The van der Waals surface area contributed by atoms with Crippen molar-refractivity contribution in [2.24, 2.45) is 120 Å². The topological polar surface area (TPSA) is 46.2 Å². The zero-order valence-electron chi connectivity index (χ0n) is 82.7. The van der Waals surface area contributed by atoms with E-state index >= 15 is 0 Å². The molecular weight excluding hydrogens is 1350 g/mol. The van der Waals surface area contributed by atoms with Gasteiger partial charge in [-0.1, -0.05) is 269 Å². The molecular formula is C106H200O5. The lowest BCUT2D eigenvalue weighted by Gasteiger charge is -2.62. The highest BCUT2D eigenvalue weighted by molar-refractivity contribution is 5.22. The minimum atomic E-state index is 0.00817. The maximum absolute atomic E-state index is 6.27. The van der Waals surface area contributed by atoms with Crippen molar-refractivity contribution < 1.29 is 23.7 Å². The molecule has 13 rings (SSSR count). The third-order valence-corrected chi connectivity index (χ3v) is 31.1. The van der Waals surface area contributed by atoms with Crippen molar-refractivity contribution >= 4 is 0 Å². The predicted octanol–water partition coefficient (Wildman–Crippen LogP) is 32.8. The van der Waals surface area contributed by atoms with Crippen molar-refractivity contribution in [3.63, 3.8) is 0 Å². The molecule has 654 valence electrons. The van der Waals surface area contributed by atoms with Crippen LogP contribution in [0.25, 0.3) is 0 Å². The Kier molecular flexibility index (Phi) is 38.3. The Morgan fingerprint density at radius 2 is 0.811 bits per heavy atom. The first-order chi connectivity index (χ1) is 50.3. The van der Waals surface area contributed by atoms with E-state index in [-0.39, 0.29) is 16.8 Å². The predicted molar refractivity (Wildman–Crippen MR) is 488 cm³/mol. The van der Waals surface area contributed by atoms with E-state index in [0.29, 0.717) is 91.5 Å². The van der Waals surface area contributed by atoms with Crippen LogP contribution >= 0.6 is 0 Å². The van der Waals surface area contributed by atoms with Crippen molar-refractivity contribution in [2.45, 2.75) is 522 Å². The fraction of sp³-hybridized carbons (Fsp3) is 0.943. The summed E-state index contributed by atoms with van der Waals surface area (Å²) in [6, 6.07) is 10.6. The molecule has 4 unspecified atom stereocenters. The van der Waals surface area contributed by atoms with E-state index in [1.54, 1.807) is 38.5 Å². The number of fused-ring (bicyclic) bond motifs is 4. The fourth-order valence-corrected chi connectivity index (χ4v) is 22.5. The summed E-state index contributed by atoms with van der Waals surface area (Å²) in [5.74, 6) is 10.9. The van der Waals surface area contributed by atoms with Crippen LogP contribution in [0.15, 0.2) is 30.3 Å². The summed E-state index contributed by atoms with van der Waals surface area (Å²) in [6.07, 6.45) is 42.9. The largest absolute Gasteiger partial charge is 0.375 e. The molecule has 12 atom stereocenters. The Morgan fingerprint density at radius 3 is 1.14 bits per heavy atom. The van der Waals surface area contributed by atoms with Crippen LogP contribution in [-0.2, 0) is 29.1 Å². The Morgan fingerprint density at radius 1 is 0.396 bits per heavy atom. The van der Waals surface area contributed by atoms with Crippen LogP contribution in [0.5, 0.6) is 0 Å².